The van der Waals surface area contributed by atoms with Crippen molar-refractivity contribution in [2.45, 2.75) is 18.6 Å². The fourth-order valence-corrected chi connectivity index (χ4v) is 3.37. The molecule has 4 rings (SSSR count). The number of aromatic nitrogens is 1. The molecular weight excluding hydrogens is 318 g/mol. The number of para-hydroxylation sites is 1. The second kappa shape index (κ2) is 5.57. The summed E-state index contributed by atoms with van der Waals surface area (Å²) in [5.74, 6) is -1.10. The van der Waals surface area contributed by atoms with Gasteiger partial charge in [0.25, 0.3) is 11.5 Å². The highest BCUT2D eigenvalue weighted by Gasteiger charge is 2.71. The average Bonchev–Trinajstić information content (AvgIpc) is 3.32. The number of aryl methyl sites for hydroxylation is 1. The van der Waals surface area contributed by atoms with Gasteiger partial charge in [0.2, 0.25) is 0 Å². The molecule has 1 aliphatic heterocycles. The molecule has 5 nitrogen and oxygen atoms in total. The van der Waals surface area contributed by atoms with E-state index in [9.17, 15) is 9.59 Å². The van der Waals surface area contributed by atoms with Gasteiger partial charge in [-0.2, -0.15) is 0 Å². The number of esters is 1. The third kappa shape index (κ3) is 2.20. The van der Waals surface area contributed by atoms with E-state index in [2.05, 4.69) is 0 Å². The van der Waals surface area contributed by atoms with Crippen molar-refractivity contribution in [3.05, 3.63) is 71.9 Å². The topological polar surface area (TPSA) is 60.8 Å². The molecule has 0 amide bonds. The van der Waals surface area contributed by atoms with Crippen molar-refractivity contribution < 1.29 is 19.1 Å². The minimum Gasteiger partial charge on any atom is -0.466 e. The van der Waals surface area contributed by atoms with E-state index in [1.54, 1.807) is 0 Å². The molecule has 1 fully saturated rings. The van der Waals surface area contributed by atoms with Crippen LogP contribution in [0.3, 0.4) is 0 Å². The van der Waals surface area contributed by atoms with Gasteiger partial charge in [-0.1, -0.05) is 48.5 Å². The van der Waals surface area contributed by atoms with Crippen LogP contribution in [0.25, 0.3) is 10.9 Å². The van der Waals surface area contributed by atoms with Gasteiger partial charge < -0.3 is 9.47 Å². The number of carbonyl (C=O) groups excluding carboxylic acids is 2. The minimum absolute atomic E-state index is 0.424. The van der Waals surface area contributed by atoms with Crippen LogP contribution in [-0.2, 0) is 14.3 Å². The summed E-state index contributed by atoms with van der Waals surface area (Å²) in [6, 6.07) is 18.7. The second-order valence-electron chi connectivity index (χ2n) is 6.12. The van der Waals surface area contributed by atoms with Gasteiger partial charge in [-0.05, 0) is 24.6 Å². The smallest absolute Gasteiger partial charge is 0.351 e. The zero-order valence-corrected chi connectivity index (χ0v) is 13.9. The number of hydrogen-bond donors (Lipinski definition) is 0. The Morgan fingerprint density at radius 2 is 1.76 bits per heavy atom. The Hall–Kier alpha value is -2.92. The quantitative estimate of drug-likeness (QED) is 0.419. The lowest BCUT2D eigenvalue weighted by molar-refractivity contribution is -0.145. The summed E-state index contributed by atoms with van der Waals surface area (Å²) in [5, 5.41) is 0.935. The standard InChI is InChI=1S/C20H17NO4/c1-13-12-15-10-6-7-11-16(15)21(13)18(22)20(19(23)24-2)17(25-20)14-8-4-3-5-9-14/h3-12,17H,1-2H3. The number of rotatable bonds is 3. The predicted molar refractivity (Wildman–Crippen MR) is 92.3 cm³/mol. The summed E-state index contributed by atoms with van der Waals surface area (Å²) in [5.41, 5.74) is 0.630. The van der Waals surface area contributed by atoms with E-state index in [0.717, 1.165) is 22.2 Å². The van der Waals surface area contributed by atoms with E-state index in [0.29, 0.717) is 0 Å². The molecule has 0 saturated carbocycles. The zero-order chi connectivity index (χ0) is 17.6. The first-order valence-electron chi connectivity index (χ1n) is 8.02. The SMILES string of the molecule is COC(=O)C1(C(=O)n2c(C)cc3ccccc32)OC1c1ccccc1. The molecule has 25 heavy (non-hydrogen) atoms. The van der Waals surface area contributed by atoms with E-state index < -0.39 is 23.6 Å². The summed E-state index contributed by atoms with van der Waals surface area (Å²) in [7, 11) is 1.27. The molecule has 5 heteroatoms. The number of ether oxygens (including phenoxy) is 2. The van der Waals surface area contributed by atoms with E-state index in [-0.39, 0.29) is 0 Å². The van der Waals surface area contributed by atoms with Crippen molar-refractivity contribution in [1.29, 1.82) is 0 Å². The highest BCUT2D eigenvalue weighted by atomic mass is 16.7. The number of carbonyl (C=O) groups is 2. The maximum Gasteiger partial charge on any atom is 0.351 e. The molecule has 2 heterocycles. The van der Waals surface area contributed by atoms with Gasteiger partial charge in [-0.15, -0.1) is 0 Å². The molecule has 1 aliphatic rings. The molecule has 1 aromatic heterocycles. The molecule has 126 valence electrons. The Morgan fingerprint density at radius 3 is 2.48 bits per heavy atom. The average molecular weight is 335 g/mol. The van der Waals surface area contributed by atoms with E-state index >= 15 is 0 Å². The van der Waals surface area contributed by atoms with Crippen LogP contribution in [0.4, 0.5) is 0 Å². The van der Waals surface area contributed by atoms with Crippen LogP contribution < -0.4 is 0 Å². The normalized spacial score (nSPS) is 21.9. The highest BCUT2D eigenvalue weighted by molar-refractivity contribution is 6.13. The Kier molecular flexibility index (Phi) is 3.47. The van der Waals surface area contributed by atoms with Crippen LogP contribution >= 0.6 is 0 Å². The number of hydrogen-bond acceptors (Lipinski definition) is 4. The first kappa shape index (κ1) is 15.6. The highest BCUT2D eigenvalue weighted by Crippen LogP contribution is 2.52. The summed E-state index contributed by atoms with van der Waals surface area (Å²) in [6.45, 7) is 1.84. The lowest BCUT2D eigenvalue weighted by atomic mass is 9.98. The fourth-order valence-electron chi connectivity index (χ4n) is 3.37. The van der Waals surface area contributed by atoms with Crippen LogP contribution in [-0.4, -0.2) is 29.2 Å². The Morgan fingerprint density at radius 1 is 1.08 bits per heavy atom. The molecule has 2 atom stereocenters. The molecule has 0 radical (unpaired) electrons. The van der Waals surface area contributed by atoms with Crippen LogP contribution in [0.2, 0.25) is 0 Å². The maximum atomic E-state index is 13.3. The predicted octanol–water partition coefficient (Wildman–Crippen LogP) is 3.27. The molecule has 2 unspecified atom stereocenters. The minimum atomic E-state index is -1.64. The van der Waals surface area contributed by atoms with E-state index in [1.165, 1.54) is 11.7 Å². The number of fused-ring (bicyclic) bond motifs is 1. The Labute approximate surface area is 144 Å². The third-order valence-corrected chi connectivity index (χ3v) is 4.62. The van der Waals surface area contributed by atoms with Crippen molar-refractivity contribution in [2.75, 3.05) is 7.11 Å². The third-order valence-electron chi connectivity index (χ3n) is 4.62. The molecule has 2 aromatic carbocycles. The van der Waals surface area contributed by atoms with Gasteiger partial charge in [-0.3, -0.25) is 9.36 Å². The molecular formula is C20H17NO4. The molecule has 0 spiro atoms. The van der Waals surface area contributed by atoms with Crippen LogP contribution in [0.5, 0.6) is 0 Å². The maximum absolute atomic E-state index is 13.3. The van der Waals surface area contributed by atoms with Gasteiger partial charge in [0, 0.05) is 11.1 Å². The van der Waals surface area contributed by atoms with Gasteiger partial charge >= 0.3 is 5.97 Å². The molecule has 0 aliphatic carbocycles. The monoisotopic (exact) mass is 335 g/mol. The summed E-state index contributed by atoms with van der Waals surface area (Å²) in [4.78, 5) is 25.8. The second-order valence-corrected chi connectivity index (χ2v) is 6.12. The van der Waals surface area contributed by atoms with Crippen LogP contribution in [0.1, 0.15) is 22.2 Å². The van der Waals surface area contributed by atoms with Gasteiger partial charge in [-0.25, -0.2) is 4.79 Å². The zero-order valence-electron chi connectivity index (χ0n) is 13.9. The number of methoxy groups -OCH3 is 1. The fraction of sp³-hybridized carbons (Fsp3) is 0.200. The molecule has 1 saturated heterocycles. The van der Waals surface area contributed by atoms with Crippen molar-refractivity contribution in [2.24, 2.45) is 0 Å². The lowest BCUT2D eigenvalue weighted by Crippen LogP contribution is -2.40. The number of nitrogens with zero attached hydrogens (tertiary/aromatic N) is 1. The molecule has 0 bridgehead atoms. The first-order chi connectivity index (χ1) is 12.1. The largest absolute Gasteiger partial charge is 0.466 e. The number of epoxide rings is 1. The molecule has 0 N–H and O–H groups in total. The van der Waals surface area contributed by atoms with E-state index in [1.807, 2.05) is 67.6 Å². The van der Waals surface area contributed by atoms with Crippen molar-refractivity contribution in [3.63, 3.8) is 0 Å². The molecule has 3 aromatic rings. The van der Waals surface area contributed by atoms with Crippen molar-refractivity contribution in [1.82, 2.24) is 4.57 Å². The van der Waals surface area contributed by atoms with Crippen molar-refractivity contribution >= 4 is 22.8 Å². The van der Waals surface area contributed by atoms with Gasteiger partial charge in [0.1, 0.15) is 6.10 Å². The van der Waals surface area contributed by atoms with E-state index in [4.69, 9.17) is 9.47 Å². The summed E-state index contributed by atoms with van der Waals surface area (Å²) >= 11 is 0. The van der Waals surface area contributed by atoms with Gasteiger partial charge in [0.15, 0.2) is 0 Å². The summed E-state index contributed by atoms with van der Waals surface area (Å²) in [6.07, 6.45) is -0.644. The van der Waals surface area contributed by atoms with Gasteiger partial charge in [0.05, 0.1) is 12.6 Å². The summed E-state index contributed by atoms with van der Waals surface area (Å²) < 4.78 is 12.1. The van der Waals surface area contributed by atoms with Crippen LogP contribution in [0.15, 0.2) is 60.7 Å². The van der Waals surface area contributed by atoms with Crippen molar-refractivity contribution in [3.8, 4) is 0 Å². The first-order valence-corrected chi connectivity index (χ1v) is 8.02. The van der Waals surface area contributed by atoms with Crippen LogP contribution in [0, 0.1) is 6.92 Å². The Balaban J connectivity index is 1.83. The lowest BCUT2D eigenvalue weighted by Gasteiger charge is -2.13. The Bertz CT molecular complexity index is 976. The number of benzene rings is 2.